The van der Waals surface area contributed by atoms with Crippen molar-refractivity contribution in [2.24, 2.45) is 0 Å². The number of aromatic amines is 1. The van der Waals surface area contributed by atoms with Gasteiger partial charge < -0.3 is 14.6 Å². The second-order valence-corrected chi connectivity index (χ2v) is 6.09. The molecule has 7 nitrogen and oxygen atoms in total. The Kier molecular flexibility index (Phi) is 4.20. The van der Waals surface area contributed by atoms with E-state index in [1.54, 1.807) is 6.08 Å². The zero-order valence-corrected chi connectivity index (χ0v) is 13.1. The van der Waals surface area contributed by atoms with Gasteiger partial charge in [-0.05, 0) is 39.2 Å². The van der Waals surface area contributed by atoms with Crippen molar-refractivity contribution in [2.45, 2.75) is 45.8 Å². The van der Waals surface area contributed by atoms with E-state index in [0.29, 0.717) is 12.4 Å². The summed E-state index contributed by atoms with van der Waals surface area (Å²) < 4.78 is 12.0. The summed E-state index contributed by atoms with van der Waals surface area (Å²) in [5.74, 6) is 0.472. The Hall–Kier alpha value is -1.67. The molecule has 21 heavy (non-hydrogen) atoms. The first-order chi connectivity index (χ1) is 9.71. The molecule has 0 bridgehead atoms. The van der Waals surface area contributed by atoms with Crippen molar-refractivity contribution in [1.82, 2.24) is 20.5 Å². The van der Waals surface area contributed by atoms with Crippen LogP contribution >= 0.6 is 0 Å². The number of aromatic nitrogens is 3. The van der Waals surface area contributed by atoms with Crippen LogP contribution in [0.15, 0.2) is 11.8 Å². The van der Waals surface area contributed by atoms with Crippen molar-refractivity contribution in [3.63, 3.8) is 0 Å². The Morgan fingerprint density at radius 2 is 2.00 bits per heavy atom. The zero-order chi connectivity index (χ0) is 15.7. The maximum absolute atomic E-state index is 11.2. The molecule has 0 aromatic carbocycles. The van der Waals surface area contributed by atoms with Crippen LogP contribution in [0.5, 0.6) is 0 Å². The number of amides is 1. The van der Waals surface area contributed by atoms with Gasteiger partial charge in [-0.1, -0.05) is 0 Å². The molecule has 2 heterocycles. The number of carbonyl (C=O) groups is 1. The first kappa shape index (κ1) is 15.7. The summed E-state index contributed by atoms with van der Waals surface area (Å²) in [5, 5.41) is 9.32. The van der Waals surface area contributed by atoms with Gasteiger partial charge >= 0.3 is 7.12 Å². The summed E-state index contributed by atoms with van der Waals surface area (Å²) in [7, 11) is -0.535. The molecule has 0 spiro atoms. The van der Waals surface area contributed by atoms with E-state index in [0.717, 1.165) is 5.47 Å². The molecule has 0 atom stereocenters. The molecule has 1 aromatic rings. The summed E-state index contributed by atoms with van der Waals surface area (Å²) >= 11 is 0. The number of H-pyrrole nitrogens is 1. The van der Waals surface area contributed by atoms with Crippen LogP contribution in [0.1, 0.15) is 40.4 Å². The third kappa shape index (κ3) is 3.51. The molecule has 114 valence electrons. The van der Waals surface area contributed by atoms with Gasteiger partial charge in [0.1, 0.15) is 12.2 Å². The summed E-state index contributed by atoms with van der Waals surface area (Å²) in [6, 6.07) is 0. The highest BCUT2D eigenvalue weighted by atomic mass is 16.7. The van der Waals surface area contributed by atoms with Crippen molar-refractivity contribution in [2.75, 3.05) is 6.54 Å². The minimum Gasteiger partial charge on any atom is -0.400 e. The van der Waals surface area contributed by atoms with Gasteiger partial charge in [-0.15, -0.1) is 0 Å². The molecule has 1 fully saturated rings. The van der Waals surface area contributed by atoms with Crippen molar-refractivity contribution in [3.8, 4) is 0 Å². The Balaban J connectivity index is 2.22. The fraction of sp³-hybridized carbons (Fsp3) is 0.615. The van der Waals surface area contributed by atoms with Gasteiger partial charge in [0.05, 0.1) is 11.2 Å². The number of rotatable bonds is 4. The smallest absolute Gasteiger partial charge is 0.400 e. The number of hydrogen-bond acceptors (Lipinski definition) is 5. The van der Waals surface area contributed by atoms with Crippen molar-refractivity contribution in [3.05, 3.63) is 17.6 Å². The van der Waals surface area contributed by atoms with Crippen molar-refractivity contribution < 1.29 is 14.1 Å². The normalized spacial score (nSPS) is 20.6. The first-order valence-corrected chi connectivity index (χ1v) is 6.87. The van der Waals surface area contributed by atoms with Gasteiger partial charge in [0, 0.05) is 13.5 Å². The lowest BCUT2D eigenvalue weighted by Gasteiger charge is -2.32. The minimum atomic E-state index is -0.535. The van der Waals surface area contributed by atoms with E-state index in [1.807, 2.05) is 27.7 Å². The van der Waals surface area contributed by atoms with Crippen LogP contribution in [0.25, 0.3) is 6.08 Å². The lowest BCUT2D eigenvalue weighted by molar-refractivity contribution is -0.118. The number of nitrogens with zero attached hydrogens (tertiary/aromatic N) is 2. The van der Waals surface area contributed by atoms with Crippen LogP contribution in [0.3, 0.4) is 0 Å². The van der Waals surface area contributed by atoms with Crippen molar-refractivity contribution in [1.29, 1.82) is 0 Å². The monoisotopic (exact) mass is 292 g/mol. The van der Waals surface area contributed by atoms with Crippen LogP contribution in [-0.4, -0.2) is 46.0 Å². The third-order valence-electron chi connectivity index (χ3n) is 3.85. The van der Waals surface area contributed by atoms with Crippen LogP contribution in [0, 0.1) is 0 Å². The Labute approximate surface area is 124 Å². The summed E-state index contributed by atoms with van der Waals surface area (Å²) in [6.07, 6.45) is 3.21. The molecule has 1 amide bonds. The van der Waals surface area contributed by atoms with Gasteiger partial charge in [-0.25, -0.2) is 4.98 Å². The van der Waals surface area contributed by atoms with Crippen LogP contribution < -0.4 is 5.32 Å². The summed E-state index contributed by atoms with van der Waals surface area (Å²) in [6.45, 7) is 9.73. The zero-order valence-electron chi connectivity index (χ0n) is 13.1. The standard InChI is InChI=1S/C13H21BN4O3/c1-9(19)15-7-10(6-11-16-8-17-18-11)14-20-12(2,3)13(4,5)21-14/h6,8H,7H2,1-5H3,(H,15,19)(H,16,17,18). The van der Waals surface area contributed by atoms with E-state index in [4.69, 9.17) is 9.31 Å². The molecule has 0 saturated carbocycles. The number of carbonyl (C=O) groups excluding carboxylic acids is 1. The molecule has 2 N–H and O–H groups in total. The van der Waals surface area contributed by atoms with Gasteiger partial charge in [0.15, 0.2) is 0 Å². The minimum absolute atomic E-state index is 0.116. The van der Waals surface area contributed by atoms with Crippen LogP contribution in [0.4, 0.5) is 0 Å². The molecule has 0 unspecified atom stereocenters. The van der Waals surface area contributed by atoms with Gasteiger partial charge in [0.2, 0.25) is 5.91 Å². The average molecular weight is 292 g/mol. The highest BCUT2D eigenvalue weighted by Crippen LogP contribution is 2.38. The van der Waals surface area contributed by atoms with Gasteiger partial charge in [-0.2, -0.15) is 5.10 Å². The van der Waals surface area contributed by atoms with Crippen molar-refractivity contribution >= 4 is 19.1 Å². The van der Waals surface area contributed by atoms with E-state index >= 15 is 0 Å². The van der Waals surface area contributed by atoms with Crippen LogP contribution in [0.2, 0.25) is 0 Å². The molecule has 8 heteroatoms. The molecule has 1 aliphatic heterocycles. The molecular formula is C13H21BN4O3. The molecular weight excluding hydrogens is 271 g/mol. The topological polar surface area (TPSA) is 89.1 Å². The maximum Gasteiger partial charge on any atom is 0.492 e. The molecule has 0 aliphatic carbocycles. The number of hydrogen-bond donors (Lipinski definition) is 2. The van der Waals surface area contributed by atoms with Gasteiger partial charge in [-0.3, -0.25) is 9.89 Å². The first-order valence-electron chi connectivity index (χ1n) is 6.87. The fourth-order valence-corrected chi connectivity index (χ4v) is 1.88. The SMILES string of the molecule is CC(=O)NCC(=Cc1ncn[nH]1)B1OC(C)(C)C(C)(C)O1. The second-order valence-electron chi connectivity index (χ2n) is 6.09. The Bertz CT molecular complexity index is 524. The largest absolute Gasteiger partial charge is 0.492 e. The summed E-state index contributed by atoms with van der Waals surface area (Å²) in [5.41, 5.74) is -0.0939. The Morgan fingerprint density at radius 3 is 2.48 bits per heavy atom. The molecule has 1 aliphatic rings. The average Bonchev–Trinajstić information content (AvgIpc) is 2.91. The molecule has 0 radical (unpaired) electrons. The summed E-state index contributed by atoms with van der Waals surface area (Å²) in [4.78, 5) is 15.2. The lowest BCUT2D eigenvalue weighted by Crippen LogP contribution is -2.41. The molecule has 2 rings (SSSR count). The fourth-order valence-electron chi connectivity index (χ4n) is 1.88. The predicted molar refractivity (Wildman–Crippen MR) is 79.1 cm³/mol. The van der Waals surface area contributed by atoms with E-state index in [1.165, 1.54) is 13.3 Å². The number of nitrogens with one attached hydrogen (secondary N) is 2. The quantitative estimate of drug-likeness (QED) is 0.807. The highest BCUT2D eigenvalue weighted by molar-refractivity contribution is 6.55. The maximum atomic E-state index is 11.2. The van der Waals surface area contributed by atoms with Crippen LogP contribution in [-0.2, 0) is 14.1 Å². The Morgan fingerprint density at radius 1 is 1.38 bits per heavy atom. The lowest BCUT2D eigenvalue weighted by atomic mass is 9.77. The molecule has 1 aromatic heterocycles. The molecule has 1 saturated heterocycles. The highest BCUT2D eigenvalue weighted by Gasteiger charge is 2.52. The third-order valence-corrected chi connectivity index (χ3v) is 3.85. The second kappa shape index (κ2) is 5.61. The van der Waals surface area contributed by atoms with E-state index in [9.17, 15) is 4.79 Å². The van der Waals surface area contributed by atoms with E-state index < -0.39 is 18.3 Å². The van der Waals surface area contributed by atoms with E-state index in [-0.39, 0.29) is 5.91 Å². The predicted octanol–water partition coefficient (Wildman–Crippen LogP) is 0.956. The van der Waals surface area contributed by atoms with Gasteiger partial charge in [0.25, 0.3) is 0 Å². The van der Waals surface area contributed by atoms with E-state index in [2.05, 4.69) is 20.5 Å².